The Bertz CT molecular complexity index is 1170. The molecule has 0 atom stereocenters. The largest absolute Gasteiger partial charge is 0.486 e. The first kappa shape index (κ1) is 22.8. The number of aryl methyl sites for hydroxylation is 1. The zero-order chi connectivity index (χ0) is 23.9. The normalized spacial score (nSPS) is 14.4. The van der Waals surface area contributed by atoms with Crippen molar-refractivity contribution in [3.8, 4) is 11.6 Å². The van der Waals surface area contributed by atoms with Gasteiger partial charge in [-0.05, 0) is 53.8 Å². The maximum Gasteiger partial charge on any atom is 0.225 e. The molecule has 0 unspecified atom stereocenters. The standard InChI is InChI=1S/C23H29N11O/c1-2-3-4-5-18-12-25-23(26-13-18)32-10-8-20(9-11-32)34-28-14-19(29-34)16-35-21-6-7-22(24-15-21)33-17-27-30-31-33/h6-7,12-15,17,20H,2-5,8-11,16H2,1H3. The topological polar surface area (TPSA) is 125 Å². The molecule has 4 aromatic heterocycles. The molecule has 1 aliphatic heterocycles. The Morgan fingerprint density at radius 3 is 2.57 bits per heavy atom. The van der Waals surface area contributed by atoms with Gasteiger partial charge in [0.2, 0.25) is 5.95 Å². The van der Waals surface area contributed by atoms with Gasteiger partial charge in [-0.1, -0.05) is 19.8 Å². The molecule has 182 valence electrons. The summed E-state index contributed by atoms with van der Waals surface area (Å²) < 4.78 is 7.30. The second-order valence-corrected chi connectivity index (χ2v) is 8.62. The molecule has 0 spiro atoms. The average molecular weight is 476 g/mol. The third-order valence-corrected chi connectivity index (χ3v) is 6.08. The van der Waals surface area contributed by atoms with Crippen LogP contribution in [0.15, 0.2) is 43.2 Å². The number of unbranched alkanes of at least 4 members (excludes halogenated alkanes) is 2. The number of ether oxygens (including phenoxy) is 1. The van der Waals surface area contributed by atoms with Crippen LogP contribution in [0.3, 0.4) is 0 Å². The molecule has 0 aromatic carbocycles. The number of aromatic nitrogens is 10. The molecule has 12 nitrogen and oxygen atoms in total. The Labute approximate surface area is 203 Å². The van der Waals surface area contributed by atoms with Crippen molar-refractivity contribution < 1.29 is 4.74 Å². The van der Waals surface area contributed by atoms with Crippen molar-refractivity contribution in [2.75, 3.05) is 18.0 Å². The number of hydrogen-bond donors (Lipinski definition) is 0. The average Bonchev–Trinajstić information content (AvgIpc) is 3.62. The number of piperidine rings is 1. The van der Waals surface area contributed by atoms with Crippen molar-refractivity contribution in [1.82, 2.24) is 50.2 Å². The fourth-order valence-electron chi connectivity index (χ4n) is 4.08. The second-order valence-electron chi connectivity index (χ2n) is 8.62. The Morgan fingerprint density at radius 2 is 1.86 bits per heavy atom. The number of anilines is 1. The van der Waals surface area contributed by atoms with Gasteiger partial charge in [-0.2, -0.15) is 19.7 Å². The van der Waals surface area contributed by atoms with E-state index in [1.54, 1.807) is 18.5 Å². The van der Waals surface area contributed by atoms with E-state index in [1.807, 2.05) is 23.3 Å². The minimum Gasteiger partial charge on any atom is -0.486 e. The van der Waals surface area contributed by atoms with Crippen LogP contribution in [0.5, 0.6) is 5.75 Å². The lowest BCUT2D eigenvalue weighted by Gasteiger charge is -2.31. The Balaban J connectivity index is 1.09. The van der Waals surface area contributed by atoms with Crippen molar-refractivity contribution in [2.24, 2.45) is 0 Å². The highest BCUT2D eigenvalue weighted by molar-refractivity contribution is 5.30. The molecule has 0 aliphatic carbocycles. The van der Waals surface area contributed by atoms with Gasteiger partial charge in [0.1, 0.15) is 24.4 Å². The van der Waals surface area contributed by atoms with Gasteiger partial charge in [-0.15, -0.1) is 5.10 Å². The van der Waals surface area contributed by atoms with Crippen molar-refractivity contribution in [2.45, 2.75) is 58.1 Å². The number of nitrogens with zero attached hydrogens (tertiary/aromatic N) is 11. The van der Waals surface area contributed by atoms with Crippen LogP contribution >= 0.6 is 0 Å². The van der Waals surface area contributed by atoms with E-state index in [2.05, 4.69) is 52.5 Å². The van der Waals surface area contributed by atoms with Crippen LogP contribution in [-0.2, 0) is 13.0 Å². The van der Waals surface area contributed by atoms with Gasteiger partial charge >= 0.3 is 0 Å². The van der Waals surface area contributed by atoms with Crippen molar-refractivity contribution in [3.63, 3.8) is 0 Å². The van der Waals surface area contributed by atoms with Crippen molar-refractivity contribution in [3.05, 3.63) is 54.5 Å². The highest BCUT2D eigenvalue weighted by Crippen LogP contribution is 2.24. The summed E-state index contributed by atoms with van der Waals surface area (Å²) in [6.07, 6.45) is 15.4. The van der Waals surface area contributed by atoms with Crippen LogP contribution in [0.1, 0.15) is 56.3 Å². The lowest BCUT2D eigenvalue weighted by Crippen LogP contribution is -2.36. The SMILES string of the molecule is CCCCCc1cnc(N2CCC(n3ncc(COc4ccc(-n5cnnn5)nc4)n3)CC2)nc1. The van der Waals surface area contributed by atoms with Crippen molar-refractivity contribution in [1.29, 1.82) is 0 Å². The monoisotopic (exact) mass is 475 g/mol. The summed E-state index contributed by atoms with van der Waals surface area (Å²) in [5, 5.41) is 20.1. The Kier molecular flexibility index (Phi) is 7.16. The molecular weight excluding hydrogens is 446 g/mol. The predicted molar refractivity (Wildman–Crippen MR) is 127 cm³/mol. The van der Waals surface area contributed by atoms with Crippen LogP contribution in [0.25, 0.3) is 5.82 Å². The minimum atomic E-state index is 0.255. The summed E-state index contributed by atoms with van der Waals surface area (Å²) in [6.45, 7) is 4.30. The molecule has 5 rings (SSSR count). The van der Waals surface area contributed by atoms with Crippen LogP contribution in [0.2, 0.25) is 0 Å². The second kappa shape index (κ2) is 11.0. The van der Waals surface area contributed by atoms with E-state index >= 15 is 0 Å². The molecule has 4 aromatic rings. The third kappa shape index (κ3) is 5.76. The van der Waals surface area contributed by atoms with Gasteiger partial charge in [-0.3, -0.25) is 0 Å². The van der Waals surface area contributed by atoms with E-state index in [4.69, 9.17) is 4.74 Å². The van der Waals surface area contributed by atoms with E-state index in [9.17, 15) is 0 Å². The fraction of sp³-hybridized carbons (Fsp3) is 0.478. The lowest BCUT2D eigenvalue weighted by atomic mass is 10.1. The number of hydrogen-bond acceptors (Lipinski definition) is 10. The van der Waals surface area contributed by atoms with Gasteiger partial charge in [0.25, 0.3) is 0 Å². The fourth-order valence-corrected chi connectivity index (χ4v) is 4.08. The molecule has 12 heteroatoms. The molecule has 0 bridgehead atoms. The molecule has 0 radical (unpaired) electrons. The van der Waals surface area contributed by atoms with E-state index in [1.165, 1.54) is 35.8 Å². The van der Waals surface area contributed by atoms with E-state index < -0.39 is 0 Å². The third-order valence-electron chi connectivity index (χ3n) is 6.08. The van der Waals surface area contributed by atoms with E-state index in [-0.39, 0.29) is 6.04 Å². The Hall–Kier alpha value is -3.96. The highest BCUT2D eigenvalue weighted by Gasteiger charge is 2.23. The summed E-state index contributed by atoms with van der Waals surface area (Å²) in [4.78, 5) is 17.6. The number of pyridine rings is 1. The first-order valence-electron chi connectivity index (χ1n) is 12.1. The summed E-state index contributed by atoms with van der Waals surface area (Å²) in [5.74, 6) is 2.07. The van der Waals surface area contributed by atoms with Crippen LogP contribution in [0, 0.1) is 0 Å². The van der Waals surface area contributed by atoms with Gasteiger partial charge in [0, 0.05) is 25.5 Å². The zero-order valence-electron chi connectivity index (χ0n) is 19.8. The van der Waals surface area contributed by atoms with E-state index in [0.29, 0.717) is 18.2 Å². The number of tetrazole rings is 1. The molecule has 1 aliphatic rings. The summed E-state index contributed by atoms with van der Waals surface area (Å²) >= 11 is 0. The smallest absolute Gasteiger partial charge is 0.225 e. The molecule has 0 amide bonds. The van der Waals surface area contributed by atoms with Crippen molar-refractivity contribution >= 4 is 5.95 Å². The zero-order valence-corrected chi connectivity index (χ0v) is 19.8. The first-order valence-corrected chi connectivity index (χ1v) is 12.1. The molecule has 35 heavy (non-hydrogen) atoms. The molecule has 1 saturated heterocycles. The molecule has 0 N–H and O–H groups in total. The number of rotatable bonds is 10. The van der Waals surface area contributed by atoms with Crippen LogP contribution in [-0.4, -0.2) is 63.2 Å². The highest BCUT2D eigenvalue weighted by atomic mass is 16.5. The maximum absolute atomic E-state index is 5.82. The molecule has 1 fully saturated rings. The Morgan fingerprint density at radius 1 is 1.00 bits per heavy atom. The predicted octanol–water partition coefficient (Wildman–Crippen LogP) is 2.59. The molecular formula is C23H29N11O. The van der Waals surface area contributed by atoms with Gasteiger partial charge < -0.3 is 9.64 Å². The van der Waals surface area contributed by atoms with Gasteiger partial charge in [0.15, 0.2) is 5.82 Å². The van der Waals surface area contributed by atoms with E-state index in [0.717, 1.165) is 44.0 Å². The summed E-state index contributed by atoms with van der Waals surface area (Å²) in [6, 6.07) is 3.87. The van der Waals surface area contributed by atoms with Crippen LogP contribution < -0.4 is 9.64 Å². The molecule has 0 saturated carbocycles. The maximum atomic E-state index is 5.82. The minimum absolute atomic E-state index is 0.255. The molecule has 5 heterocycles. The first-order chi connectivity index (χ1) is 17.3. The summed E-state index contributed by atoms with van der Waals surface area (Å²) in [5.41, 5.74) is 1.99. The van der Waals surface area contributed by atoms with Gasteiger partial charge in [-0.25, -0.2) is 15.0 Å². The van der Waals surface area contributed by atoms with Gasteiger partial charge in [0.05, 0.1) is 18.4 Å². The lowest BCUT2D eigenvalue weighted by molar-refractivity contribution is 0.290. The summed E-state index contributed by atoms with van der Waals surface area (Å²) in [7, 11) is 0. The van der Waals surface area contributed by atoms with Crippen LogP contribution in [0.4, 0.5) is 5.95 Å². The quantitative estimate of drug-likeness (QED) is 0.316.